The third-order valence-corrected chi connectivity index (χ3v) is 2.61. The maximum atomic E-state index is 11.1. The molecule has 6 heteroatoms. The van der Waals surface area contributed by atoms with Gasteiger partial charge in [-0.25, -0.2) is 0 Å². The van der Waals surface area contributed by atoms with Gasteiger partial charge in [0.05, 0.1) is 6.61 Å². The van der Waals surface area contributed by atoms with Crippen LogP contribution in [0, 0.1) is 12.8 Å². The van der Waals surface area contributed by atoms with Gasteiger partial charge in [0.1, 0.15) is 0 Å². The number of Topliss-reactive ketones (excluding diaryl/α,β-unsaturated/α-hetero) is 1. The average molecular weight is 340 g/mol. The Morgan fingerprint density at radius 2 is 1.83 bits per heavy atom. The van der Waals surface area contributed by atoms with Gasteiger partial charge in [-0.1, -0.05) is 51.0 Å². The maximum absolute atomic E-state index is 11.1. The first-order valence-electron chi connectivity index (χ1n) is 7.52. The minimum Gasteiger partial charge on any atom is -0.469 e. The van der Waals surface area contributed by atoms with E-state index in [-0.39, 0.29) is 5.78 Å². The second kappa shape index (κ2) is 19.9. The number of nitrogens with two attached hydrogens (primary N) is 1. The summed E-state index contributed by atoms with van der Waals surface area (Å²) in [6, 6.07) is 0. The van der Waals surface area contributed by atoms with E-state index < -0.39 is 0 Å². The first kappa shape index (κ1) is 25.8. The Morgan fingerprint density at radius 3 is 2.22 bits per heavy atom. The highest BCUT2D eigenvalue weighted by molar-refractivity contribution is 7.16. The molecule has 0 aliphatic carbocycles. The van der Waals surface area contributed by atoms with Crippen LogP contribution in [0.15, 0.2) is 23.8 Å². The molecule has 0 atom stereocenters. The number of nitrogens with zero attached hydrogens (tertiary/aromatic N) is 2. The lowest BCUT2D eigenvalue weighted by Gasteiger charge is -1.97. The second-order valence-corrected chi connectivity index (χ2v) is 4.22. The van der Waals surface area contributed by atoms with E-state index in [2.05, 4.69) is 23.0 Å². The zero-order valence-corrected chi connectivity index (χ0v) is 15.8. The van der Waals surface area contributed by atoms with Crippen LogP contribution in [0.3, 0.4) is 0 Å². The third-order valence-electron chi connectivity index (χ3n) is 1.95. The molecule has 0 bridgehead atoms. The van der Waals surface area contributed by atoms with Crippen molar-refractivity contribution in [2.24, 2.45) is 0 Å². The van der Waals surface area contributed by atoms with Crippen molar-refractivity contribution in [2.45, 2.75) is 48.0 Å². The Morgan fingerprint density at radius 1 is 1.26 bits per heavy atom. The molecule has 0 unspecified atom stereocenters. The van der Waals surface area contributed by atoms with Crippen molar-refractivity contribution < 1.29 is 9.53 Å². The van der Waals surface area contributed by atoms with Gasteiger partial charge < -0.3 is 10.5 Å². The summed E-state index contributed by atoms with van der Waals surface area (Å²) in [5, 5.41) is 8.21. The molecule has 0 radical (unpaired) electrons. The van der Waals surface area contributed by atoms with E-state index in [1.165, 1.54) is 11.3 Å². The summed E-state index contributed by atoms with van der Waals surface area (Å²) in [4.78, 5) is 11.1. The van der Waals surface area contributed by atoms with Gasteiger partial charge in [0.15, 0.2) is 5.78 Å². The van der Waals surface area contributed by atoms with Gasteiger partial charge in [-0.3, -0.25) is 4.79 Å². The fourth-order valence-electron chi connectivity index (χ4n) is 1.12. The van der Waals surface area contributed by atoms with E-state index in [4.69, 9.17) is 10.5 Å². The van der Waals surface area contributed by atoms with Gasteiger partial charge in [-0.15, -0.1) is 17.9 Å². The van der Waals surface area contributed by atoms with Crippen molar-refractivity contribution in [1.29, 1.82) is 0 Å². The van der Waals surface area contributed by atoms with Crippen molar-refractivity contribution in [3.63, 3.8) is 0 Å². The van der Waals surface area contributed by atoms with E-state index in [0.29, 0.717) is 28.9 Å². The van der Waals surface area contributed by atoms with E-state index in [0.717, 1.165) is 0 Å². The molecule has 130 valence electrons. The monoisotopic (exact) mass is 339 g/mol. The Kier molecular flexibility index (Phi) is 22.3. The van der Waals surface area contributed by atoms with E-state index in [1.807, 2.05) is 40.7 Å². The summed E-state index contributed by atoms with van der Waals surface area (Å²) in [5.74, 6) is 0.0570. The summed E-state index contributed by atoms with van der Waals surface area (Å²) in [6.07, 6.45) is 14.2. The molecule has 0 aliphatic rings. The van der Waals surface area contributed by atoms with Crippen LogP contribution in [0.4, 0.5) is 5.13 Å². The molecule has 1 aromatic rings. The van der Waals surface area contributed by atoms with Crippen molar-refractivity contribution in [3.05, 3.63) is 23.8 Å². The number of rotatable bonds is 6. The predicted octanol–water partition coefficient (Wildman–Crippen LogP) is 4.28. The predicted molar refractivity (Wildman–Crippen MR) is 101 cm³/mol. The molecule has 0 saturated carbocycles. The Hall–Kier alpha value is -2.13. The van der Waals surface area contributed by atoms with Gasteiger partial charge in [0.25, 0.3) is 5.19 Å². The van der Waals surface area contributed by atoms with Gasteiger partial charge in [0.2, 0.25) is 5.13 Å². The lowest BCUT2D eigenvalue weighted by molar-refractivity contribution is -0.113. The van der Waals surface area contributed by atoms with Crippen LogP contribution in [-0.4, -0.2) is 22.6 Å². The van der Waals surface area contributed by atoms with E-state index >= 15 is 0 Å². The topological polar surface area (TPSA) is 78.1 Å². The van der Waals surface area contributed by atoms with Crippen LogP contribution >= 0.6 is 11.3 Å². The SMILES string of the molecule is C#C.C/C=C(\C=C/CCOc1nnc(N)s1)C(C)=O.CC.CC. The van der Waals surface area contributed by atoms with Crippen LogP contribution < -0.4 is 10.5 Å². The molecule has 1 rings (SSSR count). The molecule has 2 N–H and O–H groups in total. The Balaban J connectivity index is -0.000000595. The number of ether oxygens (including phenoxy) is 1. The lowest BCUT2D eigenvalue weighted by Crippen LogP contribution is -1.96. The highest BCUT2D eigenvalue weighted by atomic mass is 32.1. The number of carbonyl (C=O) groups is 1. The van der Waals surface area contributed by atoms with Gasteiger partial charge in [0, 0.05) is 5.57 Å². The first-order valence-corrected chi connectivity index (χ1v) is 8.34. The van der Waals surface area contributed by atoms with E-state index in [1.54, 1.807) is 19.1 Å². The summed E-state index contributed by atoms with van der Waals surface area (Å²) >= 11 is 1.21. The number of terminal acetylenes is 1. The molecular formula is C17H29N3O2S. The molecule has 1 heterocycles. The molecule has 0 saturated heterocycles. The zero-order chi connectivity index (χ0) is 18.7. The molecule has 0 amide bonds. The molecule has 5 nitrogen and oxygen atoms in total. The van der Waals surface area contributed by atoms with Crippen LogP contribution in [0.5, 0.6) is 5.19 Å². The van der Waals surface area contributed by atoms with Crippen LogP contribution in [0.2, 0.25) is 0 Å². The van der Waals surface area contributed by atoms with Crippen molar-refractivity contribution in [1.82, 2.24) is 10.2 Å². The van der Waals surface area contributed by atoms with Crippen LogP contribution in [0.1, 0.15) is 48.0 Å². The molecule has 0 aliphatic heterocycles. The number of anilines is 1. The number of hydrogen-bond acceptors (Lipinski definition) is 6. The zero-order valence-electron chi connectivity index (χ0n) is 15.0. The number of carbonyl (C=O) groups excluding carboxylic acids is 1. The number of aromatic nitrogens is 2. The third kappa shape index (κ3) is 14.6. The smallest absolute Gasteiger partial charge is 0.295 e. The summed E-state index contributed by atoms with van der Waals surface area (Å²) in [7, 11) is 0. The number of ketones is 1. The van der Waals surface area contributed by atoms with E-state index in [9.17, 15) is 4.79 Å². The van der Waals surface area contributed by atoms with Gasteiger partial charge >= 0.3 is 0 Å². The molecule has 23 heavy (non-hydrogen) atoms. The maximum Gasteiger partial charge on any atom is 0.295 e. The average Bonchev–Trinajstić information content (AvgIpc) is 3.01. The standard InChI is InChI=1S/C11H15N3O2S.2C2H6.C2H2/c1-3-9(8(2)15)6-4-5-7-16-11-14-13-10(12)17-11;3*1-2/h3-4,6H,5,7H2,1-2H3,(H2,12,13);2*1-2H3;1-2H/b6-4-,9-3+;;;. The normalized spacial score (nSPS) is 9.48. The molecule has 1 aromatic heterocycles. The fraction of sp³-hybridized carbons (Fsp3) is 0.471. The summed E-state index contributed by atoms with van der Waals surface area (Å²) in [6.45, 7) is 11.9. The summed E-state index contributed by atoms with van der Waals surface area (Å²) in [5.41, 5.74) is 6.11. The largest absolute Gasteiger partial charge is 0.469 e. The second-order valence-electron chi connectivity index (χ2n) is 3.25. The fourth-order valence-corrected chi connectivity index (χ4v) is 1.60. The number of allylic oxidation sites excluding steroid dienone is 3. The minimum absolute atomic E-state index is 0.0570. The molecule has 0 spiro atoms. The van der Waals surface area contributed by atoms with Crippen LogP contribution in [-0.2, 0) is 4.79 Å². The van der Waals surface area contributed by atoms with Crippen LogP contribution in [0.25, 0.3) is 0 Å². The van der Waals surface area contributed by atoms with Gasteiger partial charge in [-0.2, -0.15) is 0 Å². The van der Waals surface area contributed by atoms with Crippen molar-refractivity contribution in [2.75, 3.05) is 12.3 Å². The molecule has 0 aromatic carbocycles. The summed E-state index contributed by atoms with van der Waals surface area (Å²) < 4.78 is 5.31. The van der Waals surface area contributed by atoms with Crippen molar-refractivity contribution in [3.8, 4) is 18.0 Å². The Labute approximate surface area is 144 Å². The highest BCUT2D eigenvalue weighted by Gasteiger charge is 2.00. The quantitative estimate of drug-likeness (QED) is 0.362. The van der Waals surface area contributed by atoms with Gasteiger partial charge in [-0.05, 0) is 31.6 Å². The minimum atomic E-state index is 0.0570. The lowest BCUT2D eigenvalue weighted by atomic mass is 10.1. The molecular weight excluding hydrogens is 310 g/mol. The first-order chi connectivity index (χ1) is 11.1. The Bertz CT molecular complexity index is 477. The number of nitrogen functional groups attached to an aromatic ring is 1. The molecule has 0 fully saturated rings. The van der Waals surface area contributed by atoms with Crippen molar-refractivity contribution >= 4 is 22.3 Å². The highest BCUT2D eigenvalue weighted by Crippen LogP contribution is 2.18. The number of hydrogen-bond donors (Lipinski definition) is 1.